The lowest BCUT2D eigenvalue weighted by Gasteiger charge is -2.33. The molecule has 7 heteroatoms. The molecule has 0 unspecified atom stereocenters. The van der Waals surface area contributed by atoms with E-state index in [-0.39, 0.29) is 0 Å². The normalized spacial score (nSPS) is 16.1. The molecule has 1 aliphatic rings. The molecule has 3 heterocycles. The first-order valence-corrected chi connectivity index (χ1v) is 10.3. The van der Waals surface area contributed by atoms with E-state index in [2.05, 4.69) is 55.7 Å². The van der Waals surface area contributed by atoms with E-state index in [1.165, 1.54) is 5.00 Å². The van der Waals surface area contributed by atoms with Gasteiger partial charge in [-0.05, 0) is 42.5 Å². The summed E-state index contributed by atoms with van der Waals surface area (Å²) < 4.78 is 2.13. The van der Waals surface area contributed by atoms with Gasteiger partial charge in [0.2, 0.25) is 0 Å². The number of nitrogens with zero attached hydrogens (tertiary/aromatic N) is 4. The van der Waals surface area contributed by atoms with Crippen molar-refractivity contribution in [2.75, 3.05) is 25.0 Å². The average Bonchev–Trinajstić information content (AvgIpc) is 3.35. The van der Waals surface area contributed by atoms with Gasteiger partial charge >= 0.3 is 0 Å². The molecule has 3 aromatic rings. The number of imidazole rings is 1. The Morgan fingerprint density at radius 3 is 2.74 bits per heavy atom. The van der Waals surface area contributed by atoms with Gasteiger partial charge in [0.05, 0.1) is 22.6 Å². The fourth-order valence-corrected chi connectivity index (χ4v) is 4.38. The highest BCUT2D eigenvalue weighted by Gasteiger charge is 2.20. The van der Waals surface area contributed by atoms with E-state index >= 15 is 0 Å². The van der Waals surface area contributed by atoms with Gasteiger partial charge in [0.1, 0.15) is 5.82 Å². The van der Waals surface area contributed by atoms with Crippen LogP contribution in [0.1, 0.15) is 18.7 Å². The molecule has 142 valence electrons. The van der Waals surface area contributed by atoms with Crippen LogP contribution >= 0.6 is 11.3 Å². The number of fused-ring (bicyclic) bond motifs is 1. The Hall–Kier alpha value is -2.54. The lowest BCUT2D eigenvalue weighted by Crippen LogP contribution is -2.48. The van der Waals surface area contributed by atoms with Crippen LogP contribution in [0.4, 0.5) is 5.00 Å². The number of benzene rings is 1. The van der Waals surface area contributed by atoms with Gasteiger partial charge in [-0.1, -0.05) is 12.1 Å². The van der Waals surface area contributed by atoms with Crippen molar-refractivity contribution in [1.29, 1.82) is 0 Å². The number of para-hydroxylation sites is 2. The van der Waals surface area contributed by atoms with Gasteiger partial charge in [-0.2, -0.15) is 0 Å². The second kappa shape index (κ2) is 8.00. The highest BCUT2D eigenvalue weighted by Crippen LogP contribution is 2.24. The number of piperidine rings is 1. The molecule has 1 aliphatic heterocycles. The number of nitrogens with one attached hydrogen (secondary N) is 2. The summed E-state index contributed by atoms with van der Waals surface area (Å²) in [7, 11) is 3.88. The van der Waals surface area contributed by atoms with Gasteiger partial charge < -0.3 is 20.1 Å². The number of hydrogen-bond acceptors (Lipinski definition) is 4. The third-order valence-corrected chi connectivity index (χ3v) is 6.10. The number of thiophene rings is 1. The summed E-state index contributed by atoms with van der Waals surface area (Å²) in [5.41, 5.74) is 2.18. The van der Waals surface area contributed by atoms with Crippen LogP contribution in [0.15, 0.2) is 46.8 Å². The van der Waals surface area contributed by atoms with E-state index in [4.69, 9.17) is 4.98 Å². The zero-order chi connectivity index (χ0) is 18.6. The lowest BCUT2D eigenvalue weighted by atomic mass is 10.1. The predicted octanol–water partition coefficient (Wildman–Crippen LogP) is 2.97. The van der Waals surface area contributed by atoms with Gasteiger partial charge in [-0.25, -0.2) is 4.98 Å². The van der Waals surface area contributed by atoms with E-state index < -0.39 is 0 Å². The second-order valence-electron chi connectivity index (χ2n) is 6.86. The molecule has 0 spiro atoms. The minimum atomic E-state index is 0.452. The number of anilines is 1. The van der Waals surface area contributed by atoms with Gasteiger partial charge in [0.25, 0.3) is 0 Å². The van der Waals surface area contributed by atoms with E-state index in [0.29, 0.717) is 12.6 Å². The van der Waals surface area contributed by atoms with Crippen LogP contribution in [0.25, 0.3) is 11.0 Å². The second-order valence-corrected chi connectivity index (χ2v) is 7.78. The molecule has 0 amide bonds. The monoisotopic (exact) mass is 382 g/mol. The first-order chi connectivity index (χ1) is 13.2. The number of aliphatic imine (C=N–C) groups is 1. The Bertz CT molecular complexity index is 906. The summed E-state index contributed by atoms with van der Waals surface area (Å²) in [4.78, 5) is 11.6. The highest BCUT2D eigenvalue weighted by atomic mass is 32.1. The predicted molar refractivity (Wildman–Crippen MR) is 114 cm³/mol. The molecule has 1 fully saturated rings. The van der Waals surface area contributed by atoms with Crippen LogP contribution in [0.5, 0.6) is 0 Å². The maximum Gasteiger partial charge on any atom is 0.191 e. The van der Waals surface area contributed by atoms with Crippen LogP contribution in [0.3, 0.4) is 0 Å². The van der Waals surface area contributed by atoms with Crippen molar-refractivity contribution in [2.45, 2.75) is 25.4 Å². The first kappa shape index (κ1) is 17.9. The lowest BCUT2D eigenvalue weighted by molar-refractivity contribution is 0.462. The topological polar surface area (TPSA) is 57.5 Å². The molecule has 4 rings (SSSR count). The quantitative estimate of drug-likeness (QED) is 0.538. The Balaban J connectivity index is 1.31. The highest BCUT2D eigenvalue weighted by molar-refractivity contribution is 7.14. The van der Waals surface area contributed by atoms with Gasteiger partial charge in [-0.3, -0.25) is 4.99 Å². The van der Waals surface area contributed by atoms with Gasteiger partial charge in [0.15, 0.2) is 5.96 Å². The molecule has 1 aromatic carbocycles. The van der Waals surface area contributed by atoms with Crippen LogP contribution in [-0.2, 0) is 13.6 Å². The SMILES string of the molecule is CN=C(NCc1nc2ccccc2n1C)NC1CCN(c2cccs2)CC1. The van der Waals surface area contributed by atoms with Crippen molar-refractivity contribution < 1.29 is 0 Å². The van der Waals surface area contributed by atoms with Crippen molar-refractivity contribution >= 4 is 33.3 Å². The third-order valence-electron chi connectivity index (χ3n) is 5.17. The summed E-state index contributed by atoms with van der Waals surface area (Å²) >= 11 is 1.82. The summed E-state index contributed by atoms with van der Waals surface area (Å²) in [5, 5.41) is 10.5. The molecule has 27 heavy (non-hydrogen) atoms. The van der Waals surface area contributed by atoms with Crippen LogP contribution in [0, 0.1) is 0 Å². The summed E-state index contributed by atoms with van der Waals surface area (Å²) in [5.74, 6) is 1.85. The minimum absolute atomic E-state index is 0.452. The zero-order valence-corrected chi connectivity index (χ0v) is 16.7. The fraction of sp³-hybridized carbons (Fsp3) is 0.400. The molecule has 0 bridgehead atoms. The zero-order valence-electron chi connectivity index (χ0n) is 15.9. The Labute approximate surface area is 163 Å². The van der Waals surface area contributed by atoms with Crippen LogP contribution in [0.2, 0.25) is 0 Å². The molecule has 1 saturated heterocycles. The molecule has 0 atom stereocenters. The average molecular weight is 383 g/mol. The van der Waals surface area contributed by atoms with Crippen molar-refractivity contribution in [1.82, 2.24) is 20.2 Å². The van der Waals surface area contributed by atoms with Crippen LogP contribution < -0.4 is 15.5 Å². The number of aromatic nitrogens is 2. The van der Waals surface area contributed by atoms with Crippen molar-refractivity contribution in [3.8, 4) is 0 Å². The Morgan fingerprint density at radius 2 is 2.04 bits per heavy atom. The molecule has 0 radical (unpaired) electrons. The largest absolute Gasteiger partial charge is 0.363 e. The number of guanidine groups is 1. The van der Waals surface area contributed by atoms with E-state index in [1.807, 2.05) is 36.6 Å². The smallest absolute Gasteiger partial charge is 0.191 e. The number of aryl methyl sites for hydroxylation is 1. The molecule has 6 nitrogen and oxygen atoms in total. The fourth-order valence-electron chi connectivity index (χ4n) is 3.60. The van der Waals surface area contributed by atoms with E-state index in [9.17, 15) is 0 Å². The number of hydrogen-bond donors (Lipinski definition) is 2. The minimum Gasteiger partial charge on any atom is -0.363 e. The maximum atomic E-state index is 4.72. The molecular weight excluding hydrogens is 356 g/mol. The van der Waals surface area contributed by atoms with E-state index in [1.54, 1.807) is 0 Å². The summed E-state index contributed by atoms with van der Waals surface area (Å²) in [6.45, 7) is 2.82. The van der Waals surface area contributed by atoms with Crippen molar-refractivity contribution in [3.05, 3.63) is 47.6 Å². The first-order valence-electron chi connectivity index (χ1n) is 9.40. The van der Waals surface area contributed by atoms with Crippen molar-refractivity contribution in [3.63, 3.8) is 0 Å². The third kappa shape index (κ3) is 3.93. The molecule has 0 aliphatic carbocycles. The Morgan fingerprint density at radius 1 is 1.22 bits per heavy atom. The van der Waals surface area contributed by atoms with E-state index in [0.717, 1.165) is 48.7 Å². The van der Waals surface area contributed by atoms with Crippen LogP contribution in [-0.4, -0.2) is 41.7 Å². The number of rotatable bonds is 4. The van der Waals surface area contributed by atoms with Gasteiger partial charge in [-0.15, -0.1) is 11.3 Å². The molecule has 2 aromatic heterocycles. The standard InChI is InChI=1S/C20H26N6S/c1-21-20(22-14-18-24-16-6-3-4-7-17(16)25(18)2)23-15-9-11-26(12-10-15)19-8-5-13-27-19/h3-8,13,15H,9-12,14H2,1-2H3,(H2,21,22,23). The van der Waals surface area contributed by atoms with Crippen molar-refractivity contribution in [2.24, 2.45) is 12.0 Å². The molecule has 0 saturated carbocycles. The molecule has 2 N–H and O–H groups in total. The Kier molecular flexibility index (Phi) is 5.29. The summed E-state index contributed by atoms with van der Waals surface area (Å²) in [6.07, 6.45) is 2.23. The summed E-state index contributed by atoms with van der Waals surface area (Å²) in [6, 6.07) is 13.0. The van der Waals surface area contributed by atoms with Gasteiger partial charge in [0, 0.05) is 33.2 Å². The molecular formula is C20H26N6S. The maximum absolute atomic E-state index is 4.72.